The topological polar surface area (TPSA) is 76.7 Å². The first-order valence-electron chi connectivity index (χ1n) is 9.29. The van der Waals surface area contributed by atoms with Crippen LogP contribution in [0.5, 0.6) is 11.5 Å². The number of rotatable bonds is 4. The van der Waals surface area contributed by atoms with Crippen LogP contribution in [0.2, 0.25) is 0 Å². The first kappa shape index (κ1) is 17.4. The van der Waals surface area contributed by atoms with E-state index in [1.54, 1.807) is 36.4 Å². The maximum Gasteiger partial charge on any atom is 0.251 e. The molecule has 4 rings (SSSR count). The molecule has 27 heavy (non-hydrogen) atoms. The maximum atomic E-state index is 12.1. The molecule has 2 aromatic carbocycles. The summed E-state index contributed by atoms with van der Waals surface area (Å²) in [6, 6.07) is 14.2. The molecule has 0 radical (unpaired) electrons. The summed E-state index contributed by atoms with van der Waals surface area (Å²) in [5, 5.41) is 5.39. The number of hydrogen-bond acceptors (Lipinski definition) is 4. The van der Waals surface area contributed by atoms with Crippen molar-refractivity contribution in [1.82, 2.24) is 5.32 Å². The highest BCUT2D eigenvalue weighted by Crippen LogP contribution is 2.46. The Morgan fingerprint density at radius 3 is 2.44 bits per heavy atom. The zero-order valence-corrected chi connectivity index (χ0v) is 15.0. The SMILES string of the molecule is O=C(CNC(=O)c1ccccc1)Nc1ccc2c(c1)OC1(CCCCC1)O2. The summed E-state index contributed by atoms with van der Waals surface area (Å²) >= 11 is 0. The molecule has 2 N–H and O–H groups in total. The van der Waals surface area contributed by atoms with E-state index in [1.807, 2.05) is 12.1 Å². The van der Waals surface area contributed by atoms with Crippen LogP contribution in [0.3, 0.4) is 0 Å². The van der Waals surface area contributed by atoms with Gasteiger partial charge in [-0.1, -0.05) is 24.6 Å². The van der Waals surface area contributed by atoms with Gasteiger partial charge in [0.05, 0.1) is 6.54 Å². The largest absolute Gasteiger partial charge is 0.448 e. The van der Waals surface area contributed by atoms with Gasteiger partial charge >= 0.3 is 0 Å². The van der Waals surface area contributed by atoms with Gasteiger partial charge in [0.25, 0.3) is 11.7 Å². The van der Waals surface area contributed by atoms with E-state index in [9.17, 15) is 9.59 Å². The Morgan fingerprint density at radius 2 is 1.67 bits per heavy atom. The zero-order chi connectivity index (χ0) is 18.7. The van der Waals surface area contributed by atoms with E-state index in [0.29, 0.717) is 22.7 Å². The lowest BCUT2D eigenvalue weighted by atomic mass is 9.94. The zero-order valence-electron chi connectivity index (χ0n) is 15.0. The molecule has 6 nitrogen and oxygen atoms in total. The molecule has 2 aromatic rings. The molecule has 1 saturated carbocycles. The predicted molar refractivity (Wildman–Crippen MR) is 101 cm³/mol. The normalized spacial score (nSPS) is 16.7. The first-order valence-corrected chi connectivity index (χ1v) is 9.29. The summed E-state index contributed by atoms with van der Waals surface area (Å²) in [6.45, 7) is -0.105. The number of anilines is 1. The highest BCUT2D eigenvalue weighted by atomic mass is 16.7. The lowest BCUT2D eigenvalue weighted by Crippen LogP contribution is -2.40. The molecule has 6 heteroatoms. The first-order chi connectivity index (χ1) is 13.1. The van der Waals surface area contributed by atoms with Gasteiger partial charge in [0.2, 0.25) is 5.91 Å². The number of carbonyl (C=O) groups excluding carboxylic acids is 2. The van der Waals surface area contributed by atoms with Crippen molar-refractivity contribution < 1.29 is 19.1 Å². The molecule has 0 bridgehead atoms. The van der Waals surface area contributed by atoms with Crippen molar-refractivity contribution in [2.45, 2.75) is 37.9 Å². The van der Waals surface area contributed by atoms with Crippen molar-refractivity contribution in [1.29, 1.82) is 0 Å². The quantitative estimate of drug-likeness (QED) is 0.868. The summed E-state index contributed by atoms with van der Waals surface area (Å²) in [4.78, 5) is 24.1. The fourth-order valence-electron chi connectivity index (χ4n) is 3.52. The molecule has 1 aliphatic heterocycles. The van der Waals surface area contributed by atoms with Crippen molar-refractivity contribution in [3.8, 4) is 11.5 Å². The summed E-state index contributed by atoms with van der Waals surface area (Å²) in [7, 11) is 0. The second-order valence-corrected chi connectivity index (χ2v) is 6.93. The van der Waals surface area contributed by atoms with E-state index in [4.69, 9.17) is 9.47 Å². The van der Waals surface area contributed by atoms with Crippen LogP contribution in [0.25, 0.3) is 0 Å². The van der Waals surface area contributed by atoms with Crippen LogP contribution >= 0.6 is 0 Å². The molecule has 1 aliphatic carbocycles. The number of carbonyl (C=O) groups is 2. The third-order valence-corrected chi connectivity index (χ3v) is 4.88. The molecule has 0 saturated heterocycles. The Bertz CT molecular complexity index is 845. The van der Waals surface area contributed by atoms with Crippen LogP contribution in [0.15, 0.2) is 48.5 Å². The average molecular weight is 366 g/mol. The molecule has 1 fully saturated rings. The minimum absolute atomic E-state index is 0.105. The number of fused-ring (bicyclic) bond motifs is 1. The predicted octanol–water partition coefficient (Wildman–Crippen LogP) is 3.49. The summed E-state index contributed by atoms with van der Waals surface area (Å²) in [5.74, 6) is 0.254. The minimum Gasteiger partial charge on any atom is -0.448 e. The van der Waals surface area contributed by atoms with E-state index >= 15 is 0 Å². The lowest BCUT2D eigenvalue weighted by Gasteiger charge is -2.31. The van der Waals surface area contributed by atoms with Crippen LogP contribution in [-0.4, -0.2) is 24.1 Å². The van der Waals surface area contributed by atoms with Gasteiger partial charge in [0.1, 0.15) is 0 Å². The Labute approximate surface area is 157 Å². The standard InChI is InChI=1S/C21H22N2O4/c24-19(14-22-20(25)15-7-3-1-4-8-15)23-16-9-10-17-18(13-16)27-21(26-17)11-5-2-6-12-21/h1,3-4,7-10,13H,2,5-6,11-12,14H2,(H,22,25)(H,23,24). The Morgan fingerprint density at radius 1 is 0.926 bits per heavy atom. The number of hydrogen-bond donors (Lipinski definition) is 2. The summed E-state index contributed by atoms with van der Waals surface area (Å²) in [6.07, 6.45) is 5.17. The molecule has 0 aromatic heterocycles. The van der Waals surface area contributed by atoms with Crippen LogP contribution in [0.1, 0.15) is 42.5 Å². The lowest BCUT2D eigenvalue weighted by molar-refractivity contribution is -0.115. The van der Waals surface area contributed by atoms with E-state index in [1.165, 1.54) is 6.42 Å². The van der Waals surface area contributed by atoms with Gasteiger partial charge in [-0.15, -0.1) is 0 Å². The van der Waals surface area contributed by atoms with Crippen LogP contribution in [0.4, 0.5) is 5.69 Å². The van der Waals surface area contributed by atoms with E-state index in [0.717, 1.165) is 25.7 Å². The second kappa shape index (κ2) is 7.31. The third-order valence-electron chi connectivity index (χ3n) is 4.88. The van der Waals surface area contributed by atoms with Gasteiger partial charge in [0.15, 0.2) is 11.5 Å². The highest BCUT2D eigenvalue weighted by molar-refractivity contribution is 5.99. The molecular weight excluding hydrogens is 344 g/mol. The maximum absolute atomic E-state index is 12.1. The van der Waals surface area contributed by atoms with Gasteiger partial charge in [-0.05, 0) is 37.1 Å². The summed E-state index contributed by atoms with van der Waals surface area (Å²) < 4.78 is 12.1. The highest BCUT2D eigenvalue weighted by Gasteiger charge is 2.42. The van der Waals surface area contributed by atoms with Crippen molar-refractivity contribution in [3.05, 3.63) is 54.1 Å². The second-order valence-electron chi connectivity index (χ2n) is 6.93. The number of benzene rings is 2. The van der Waals surface area contributed by atoms with Gasteiger partial charge in [-0.25, -0.2) is 0 Å². The van der Waals surface area contributed by atoms with E-state index < -0.39 is 5.79 Å². The van der Waals surface area contributed by atoms with Gasteiger partial charge in [-0.3, -0.25) is 9.59 Å². The molecular formula is C21H22N2O4. The van der Waals surface area contributed by atoms with Crippen molar-refractivity contribution in [2.75, 3.05) is 11.9 Å². The fraction of sp³-hybridized carbons (Fsp3) is 0.333. The number of amides is 2. The molecule has 0 atom stereocenters. The molecule has 2 amide bonds. The number of ether oxygens (including phenoxy) is 2. The fourth-order valence-corrected chi connectivity index (χ4v) is 3.52. The van der Waals surface area contributed by atoms with Crippen LogP contribution in [0, 0.1) is 0 Å². The molecule has 140 valence electrons. The third kappa shape index (κ3) is 3.89. The Hall–Kier alpha value is -3.02. The van der Waals surface area contributed by atoms with E-state index in [2.05, 4.69) is 10.6 Å². The Balaban J connectivity index is 1.33. The Kier molecular flexibility index (Phi) is 4.71. The average Bonchev–Trinajstić information content (AvgIpc) is 3.03. The smallest absolute Gasteiger partial charge is 0.251 e. The van der Waals surface area contributed by atoms with Crippen LogP contribution in [-0.2, 0) is 4.79 Å². The van der Waals surface area contributed by atoms with Gasteiger partial charge < -0.3 is 20.1 Å². The molecule has 0 unspecified atom stereocenters. The van der Waals surface area contributed by atoms with Crippen molar-refractivity contribution in [2.24, 2.45) is 0 Å². The van der Waals surface area contributed by atoms with E-state index in [-0.39, 0.29) is 18.4 Å². The molecule has 1 heterocycles. The van der Waals surface area contributed by atoms with Gasteiger partial charge in [0, 0.05) is 30.2 Å². The molecule has 1 spiro atoms. The van der Waals surface area contributed by atoms with Crippen LogP contribution < -0.4 is 20.1 Å². The van der Waals surface area contributed by atoms with Gasteiger partial charge in [-0.2, -0.15) is 0 Å². The van der Waals surface area contributed by atoms with Crippen molar-refractivity contribution >= 4 is 17.5 Å². The summed E-state index contributed by atoms with van der Waals surface area (Å²) in [5.41, 5.74) is 1.13. The van der Waals surface area contributed by atoms with Crippen molar-refractivity contribution in [3.63, 3.8) is 0 Å². The minimum atomic E-state index is -0.535. The molecule has 2 aliphatic rings. The monoisotopic (exact) mass is 366 g/mol. The number of nitrogens with one attached hydrogen (secondary N) is 2.